The molecule has 100 valence electrons. The van der Waals surface area contributed by atoms with Crippen LogP contribution in [0.25, 0.3) is 0 Å². The van der Waals surface area contributed by atoms with Gasteiger partial charge in [0.05, 0.1) is 12.8 Å². The van der Waals surface area contributed by atoms with E-state index in [9.17, 15) is 0 Å². The third kappa shape index (κ3) is 2.61. The largest absolute Gasteiger partial charge is 0.494 e. The van der Waals surface area contributed by atoms with Gasteiger partial charge < -0.3 is 15.4 Å². The third-order valence-corrected chi connectivity index (χ3v) is 3.82. The van der Waals surface area contributed by atoms with E-state index in [1.165, 1.54) is 16.8 Å². The van der Waals surface area contributed by atoms with Gasteiger partial charge in [-0.25, -0.2) is 0 Å². The summed E-state index contributed by atoms with van der Waals surface area (Å²) in [6, 6.07) is 4.78. The van der Waals surface area contributed by atoms with E-state index in [2.05, 4.69) is 37.9 Å². The number of benzene rings is 1. The zero-order valence-corrected chi connectivity index (χ0v) is 11.9. The summed E-state index contributed by atoms with van der Waals surface area (Å²) in [5.41, 5.74) is 9.51. The van der Waals surface area contributed by atoms with E-state index in [1.54, 1.807) is 7.11 Å². The van der Waals surface area contributed by atoms with Crippen molar-refractivity contribution in [3.8, 4) is 5.75 Å². The van der Waals surface area contributed by atoms with Crippen molar-refractivity contribution >= 4 is 5.69 Å². The van der Waals surface area contributed by atoms with Crippen molar-refractivity contribution in [3.63, 3.8) is 0 Å². The van der Waals surface area contributed by atoms with E-state index in [0.29, 0.717) is 6.04 Å². The second-order valence-corrected chi connectivity index (χ2v) is 5.61. The quantitative estimate of drug-likeness (QED) is 0.889. The molecule has 0 aromatic heterocycles. The van der Waals surface area contributed by atoms with Crippen molar-refractivity contribution in [1.82, 2.24) is 0 Å². The van der Waals surface area contributed by atoms with Crippen molar-refractivity contribution in [1.29, 1.82) is 0 Å². The Bertz CT molecular complexity index is 425. The fraction of sp³-hybridized carbons (Fsp3) is 0.600. The molecule has 0 unspecified atom stereocenters. The number of hydrogen-bond donors (Lipinski definition) is 1. The molecule has 1 saturated carbocycles. The van der Waals surface area contributed by atoms with Crippen molar-refractivity contribution in [2.75, 3.05) is 25.6 Å². The monoisotopic (exact) mass is 248 g/mol. The standard InChI is InChI=1S/C15H24N2O/c1-10-5-11(2)15(18-4)14(6-10)17(3)9-12-7-13(16)8-12/h5-6,12-13H,7-9,16H2,1-4H3. The zero-order chi connectivity index (χ0) is 13.3. The smallest absolute Gasteiger partial charge is 0.145 e. The van der Waals surface area contributed by atoms with Crippen molar-refractivity contribution in [3.05, 3.63) is 23.3 Å². The predicted octanol–water partition coefficient (Wildman–Crippen LogP) is 2.49. The first-order valence-electron chi connectivity index (χ1n) is 6.63. The summed E-state index contributed by atoms with van der Waals surface area (Å²) in [6.45, 7) is 5.29. The molecular formula is C15H24N2O. The molecule has 18 heavy (non-hydrogen) atoms. The second-order valence-electron chi connectivity index (χ2n) is 5.61. The van der Waals surface area contributed by atoms with E-state index in [1.807, 2.05) is 0 Å². The minimum Gasteiger partial charge on any atom is -0.494 e. The predicted molar refractivity (Wildman–Crippen MR) is 76.4 cm³/mol. The minimum atomic E-state index is 0.421. The second kappa shape index (κ2) is 5.19. The number of aryl methyl sites for hydroxylation is 2. The number of rotatable bonds is 4. The van der Waals surface area contributed by atoms with Crippen LogP contribution >= 0.6 is 0 Å². The van der Waals surface area contributed by atoms with E-state index in [4.69, 9.17) is 10.5 Å². The number of ether oxygens (including phenoxy) is 1. The lowest BCUT2D eigenvalue weighted by Crippen LogP contribution is -2.42. The molecule has 2 N–H and O–H groups in total. The van der Waals surface area contributed by atoms with Crippen LogP contribution in [-0.2, 0) is 0 Å². The summed E-state index contributed by atoms with van der Waals surface area (Å²) in [5, 5.41) is 0. The van der Waals surface area contributed by atoms with Crippen LogP contribution in [-0.4, -0.2) is 26.7 Å². The summed E-state index contributed by atoms with van der Waals surface area (Å²) in [7, 11) is 3.88. The average Bonchev–Trinajstić information content (AvgIpc) is 2.26. The van der Waals surface area contributed by atoms with Crippen LogP contribution < -0.4 is 15.4 Å². The van der Waals surface area contributed by atoms with Gasteiger partial charge >= 0.3 is 0 Å². The molecule has 0 atom stereocenters. The zero-order valence-electron chi connectivity index (χ0n) is 11.9. The maximum atomic E-state index is 5.84. The van der Waals surface area contributed by atoms with Gasteiger partial charge in [-0.05, 0) is 49.8 Å². The van der Waals surface area contributed by atoms with Crippen molar-refractivity contribution < 1.29 is 4.74 Å². The van der Waals surface area contributed by atoms with Gasteiger partial charge in [0.2, 0.25) is 0 Å². The minimum absolute atomic E-state index is 0.421. The molecular weight excluding hydrogens is 224 g/mol. The van der Waals surface area contributed by atoms with Crippen LogP contribution in [0, 0.1) is 19.8 Å². The lowest BCUT2D eigenvalue weighted by Gasteiger charge is -2.36. The molecule has 1 fully saturated rings. The van der Waals surface area contributed by atoms with Gasteiger partial charge in [-0.1, -0.05) is 6.07 Å². The number of methoxy groups -OCH3 is 1. The molecule has 2 rings (SSSR count). The summed E-state index contributed by atoms with van der Waals surface area (Å²) in [5.74, 6) is 1.72. The molecule has 3 heteroatoms. The highest BCUT2D eigenvalue weighted by atomic mass is 16.5. The molecule has 0 saturated heterocycles. The molecule has 3 nitrogen and oxygen atoms in total. The first-order chi connectivity index (χ1) is 8.51. The highest BCUT2D eigenvalue weighted by molar-refractivity contribution is 5.63. The van der Waals surface area contributed by atoms with Gasteiger partial charge in [0, 0.05) is 19.6 Å². The van der Waals surface area contributed by atoms with Gasteiger partial charge in [-0.15, -0.1) is 0 Å². The number of nitrogens with two attached hydrogens (primary N) is 1. The summed E-state index contributed by atoms with van der Waals surface area (Å²) in [6.07, 6.45) is 2.30. The van der Waals surface area contributed by atoms with E-state index < -0.39 is 0 Å². The van der Waals surface area contributed by atoms with Crippen molar-refractivity contribution in [2.24, 2.45) is 11.7 Å². The van der Waals surface area contributed by atoms with Gasteiger partial charge in [-0.3, -0.25) is 0 Å². The average molecular weight is 248 g/mol. The van der Waals surface area contributed by atoms with Gasteiger partial charge in [0.1, 0.15) is 5.75 Å². The van der Waals surface area contributed by atoms with Gasteiger partial charge in [0.25, 0.3) is 0 Å². The Balaban J connectivity index is 2.15. The first kappa shape index (κ1) is 13.2. The maximum absolute atomic E-state index is 5.84. The Labute approximate surface area is 110 Å². The van der Waals surface area contributed by atoms with Crippen LogP contribution in [0.3, 0.4) is 0 Å². The van der Waals surface area contributed by atoms with Crippen LogP contribution in [0.4, 0.5) is 5.69 Å². The van der Waals surface area contributed by atoms with Crippen LogP contribution in [0.1, 0.15) is 24.0 Å². The van der Waals surface area contributed by atoms with Crippen LogP contribution in [0.2, 0.25) is 0 Å². The highest BCUT2D eigenvalue weighted by Gasteiger charge is 2.27. The molecule has 1 aliphatic rings. The number of hydrogen-bond acceptors (Lipinski definition) is 3. The van der Waals surface area contributed by atoms with E-state index >= 15 is 0 Å². The fourth-order valence-corrected chi connectivity index (χ4v) is 2.90. The Morgan fingerprint density at radius 1 is 1.33 bits per heavy atom. The third-order valence-electron chi connectivity index (χ3n) is 3.82. The molecule has 1 aliphatic carbocycles. The fourth-order valence-electron chi connectivity index (χ4n) is 2.90. The summed E-state index contributed by atoms with van der Waals surface area (Å²) < 4.78 is 5.54. The lowest BCUT2D eigenvalue weighted by molar-refractivity contribution is 0.270. The Hall–Kier alpha value is -1.22. The molecule has 0 amide bonds. The molecule has 0 heterocycles. The van der Waals surface area contributed by atoms with Crippen LogP contribution in [0.5, 0.6) is 5.75 Å². The van der Waals surface area contributed by atoms with Crippen LogP contribution in [0.15, 0.2) is 12.1 Å². The van der Waals surface area contributed by atoms with E-state index in [-0.39, 0.29) is 0 Å². The Morgan fingerprint density at radius 3 is 2.56 bits per heavy atom. The Morgan fingerprint density at radius 2 is 2.00 bits per heavy atom. The summed E-state index contributed by atoms with van der Waals surface area (Å²) in [4.78, 5) is 2.30. The van der Waals surface area contributed by atoms with Gasteiger partial charge in [0.15, 0.2) is 0 Å². The highest BCUT2D eigenvalue weighted by Crippen LogP contribution is 2.35. The molecule has 0 bridgehead atoms. The Kier molecular flexibility index (Phi) is 3.81. The molecule has 1 aromatic carbocycles. The normalized spacial score (nSPS) is 22.5. The summed E-state index contributed by atoms with van der Waals surface area (Å²) >= 11 is 0. The van der Waals surface area contributed by atoms with Crippen molar-refractivity contribution in [2.45, 2.75) is 32.7 Å². The molecule has 1 aromatic rings. The van der Waals surface area contributed by atoms with E-state index in [0.717, 1.165) is 31.1 Å². The topological polar surface area (TPSA) is 38.5 Å². The SMILES string of the molecule is COc1c(C)cc(C)cc1N(C)CC1CC(N)C1. The molecule has 0 aliphatic heterocycles. The van der Waals surface area contributed by atoms with Gasteiger partial charge in [-0.2, -0.15) is 0 Å². The lowest BCUT2D eigenvalue weighted by atomic mass is 9.80. The molecule has 0 radical (unpaired) electrons. The molecule has 0 spiro atoms. The number of nitrogens with zero attached hydrogens (tertiary/aromatic N) is 1. The number of anilines is 1. The maximum Gasteiger partial charge on any atom is 0.145 e. The first-order valence-corrected chi connectivity index (χ1v) is 6.63.